The molecule has 0 N–H and O–H groups in total. The molecule has 0 unspecified atom stereocenters. The van der Waals surface area contributed by atoms with Crippen LogP contribution in [-0.2, 0) is 4.79 Å². The lowest BCUT2D eigenvalue weighted by atomic mass is 10.0. The summed E-state index contributed by atoms with van der Waals surface area (Å²) in [5.74, 6) is -0.848. The molecule has 0 heterocycles. The van der Waals surface area contributed by atoms with Crippen LogP contribution in [0.5, 0.6) is 17.2 Å². The first-order valence-corrected chi connectivity index (χ1v) is 8.15. The number of aryl methyl sites for hydroxylation is 1. The Balaban J connectivity index is 2.08. The van der Waals surface area contributed by atoms with E-state index in [0.29, 0.717) is 5.75 Å². The van der Waals surface area contributed by atoms with Gasteiger partial charge < -0.3 is 24.1 Å². The van der Waals surface area contributed by atoms with Gasteiger partial charge in [0.1, 0.15) is 5.75 Å². The number of esters is 1. The maximum Gasteiger partial charge on any atom is 0.349 e. The van der Waals surface area contributed by atoms with Gasteiger partial charge in [-0.25, -0.2) is 4.79 Å². The Kier molecular flexibility index (Phi) is 6.22. The van der Waals surface area contributed by atoms with Gasteiger partial charge in [-0.1, -0.05) is 26.0 Å². The summed E-state index contributed by atoms with van der Waals surface area (Å²) >= 11 is 0. The number of ether oxygens (including phenoxy) is 3. The van der Waals surface area contributed by atoms with Crippen molar-refractivity contribution in [2.24, 2.45) is 0 Å². The highest BCUT2D eigenvalue weighted by Gasteiger charge is 2.14. The van der Waals surface area contributed by atoms with Gasteiger partial charge in [0.2, 0.25) is 0 Å². The Bertz CT molecular complexity index is 810. The Morgan fingerprint density at radius 3 is 2.38 bits per heavy atom. The van der Waals surface area contributed by atoms with Gasteiger partial charge in [0.05, 0.1) is 13.1 Å². The number of benzene rings is 2. The van der Waals surface area contributed by atoms with Crippen molar-refractivity contribution in [3.05, 3.63) is 53.1 Å². The van der Waals surface area contributed by atoms with Crippen LogP contribution >= 0.6 is 0 Å². The number of aromatic carboxylic acids is 1. The molecule has 0 saturated carbocycles. The monoisotopic (exact) mass is 357 g/mol. The summed E-state index contributed by atoms with van der Waals surface area (Å²) in [6.45, 7) is 5.74. The van der Waals surface area contributed by atoms with Crippen LogP contribution in [0.2, 0.25) is 0 Å². The van der Waals surface area contributed by atoms with E-state index < -0.39 is 11.9 Å². The molecule has 0 aliphatic carbocycles. The number of methoxy groups -OCH3 is 1. The molecule has 6 heteroatoms. The molecule has 0 aromatic heterocycles. The fraction of sp³-hybridized carbons (Fsp3) is 0.300. The van der Waals surface area contributed by atoms with Gasteiger partial charge in [0.25, 0.3) is 0 Å². The van der Waals surface area contributed by atoms with E-state index in [1.807, 2.05) is 39.0 Å². The van der Waals surface area contributed by atoms with Gasteiger partial charge in [-0.2, -0.15) is 0 Å². The summed E-state index contributed by atoms with van der Waals surface area (Å²) in [5.41, 5.74) is 1.95. The van der Waals surface area contributed by atoms with E-state index >= 15 is 0 Å². The van der Waals surface area contributed by atoms with E-state index in [4.69, 9.17) is 14.2 Å². The summed E-state index contributed by atoms with van der Waals surface area (Å²) in [7, 11) is 1.35. The third kappa shape index (κ3) is 4.75. The van der Waals surface area contributed by atoms with E-state index in [1.165, 1.54) is 25.3 Å². The average Bonchev–Trinajstić information content (AvgIpc) is 2.59. The zero-order valence-electron chi connectivity index (χ0n) is 15.2. The average molecular weight is 357 g/mol. The second kappa shape index (κ2) is 8.38. The summed E-state index contributed by atoms with van der Waals surface area (Å²) in [6, 6.07) is 9.69. The van der Waals surface area contributed by atoms with Crippen molar-refractivity contribution in [3.8, 4) is 17.2 Å². The van der Waals surface area contributed by atoms with E-state index in [1.54, 1.807) is 0 Å². The zero-order chi connectivity index (χ0) is 19.3. The Hall–Kier alpha value is -3.02. The predicted molar refractivity (Wildman–Crippen MR) is 93.7 cm³/mol. The minimum absolute atomic E-state index is 0.0702. The standard InChI is InChI=1S/C20H22O6/c1-12(2)15-7-5-13(3)9-17(15)25-11-19(21)26-16-8-6-14(20(22)23)10-18(16)24-4/h5-10,12H,11H2,1-4H3,(H,22,23)/p-1. The third-order valence-corrected chi connectivity index (χ3v) is 3.76. The molecule has 2 aromatic carbocycles. The number of carbonyl (C=O) groups is 2. The topological polar surface area (TPSA) is 84.9 Å². The number of hydrogen-bond donors (Lipinski definition) is 0. The first kappa shape index (κ1) is 19.3. The van der Waals surface area contributed by atoms with Crippen LogP contribution in [0.15, 0.2) is 36.4 Å². The maximum atomic E-state index is 12.1. The van der Waals surface area contributed by atoms with E-state index in [9.17, 15) is 14.7 Å². The maximum absolute atomic E-state index is 12.1. The van der Waals surface area contributed by atoms with Gasteiger partial charge in [-0.15, -0.1) is 0 Å². The lowest BCUT2D eigenvalue weighted by Gasteiger charge is -2.15. The molecule has 6 nitrogen and oxygen atoms in total. The van der Waals surface area contributed by atoms with Crippen LogP contribution in [0.1, 0.15) is 41.3 Å². The minimum Gasteiger partial charge on any atom is -0.545 e. The van der Waals surface area contributed by atoms with E-state index in [0.717, 1.165) is 11.1 Å². The number of carbonyl (C=O) groups excluding carboxylic acids is 2. The molecule has 0 fully saturated rings. The SMILES string of the molecule is COc1cc(C(=O)[O-])ccc1OC(=O)COc1cc(C)ccc1C(C)C. The number of rotatable bonds is 7. The lowest BCUT2D eigenvalue weighted by Crippen LogP contribution is -2.22. The van der Waals surface area contributed by atoms with Crippen molar-refractivity contribution < 1.29 is 28.9 Å². The molecule has 0 aliphatic heterocycles. The van der Waals surface area contributed by atoms with Crippen molar-refractivity contribution in [1.29, 1.82) is 0 Å². The van der Waals surface area contributed by atoms with Crippen LogP contribution < -0.4 is 19.3 Å². The first-order chi connectivity index (χ1) is 12.3. The largest absolute Gasteiger partial charge is 0.545 e. The van der Waals surface area contributed by atoms with Crippen LogP contribution in [0.4, 0.5) is 0 Å². The molecule has 138 valence electrons. The molecule has 0 radical (unpaired) electrons. The second-order valence-electron chi connectivity index (χ2n) is 6.11. The van der Waals surface area contributed by atoms with Crippen molar-refractivity contribution in [2.75, 3.05) is 13.7 Å². The van der Waals surface area contributed by atoms with Crippen molar-refractivity contribution >= 4 is 11.9 Å². The fourth-order valence-corrected chi connectivity index (χ4v) is 2.41. The molecular weight excluding hydrogens is 336 g/mol. The quantitative estimate of drug-likeness (QED) is 0.559. The Labute approximate surface area is 152 Å². The third-order valence-electron chi connectivity index (χ3n) is 3.76. The number of carboxylic acids is 1. The van der Waals surface area contributed by atoms with Crippen LogP contribution in [0.25, 0.3) is 0 Å². The van der Waals surface area contributed by atoms with Gasteiger partial charge in [-0.3, -0.25) is 0 Å². The van der Waals surface area contributed by atoms with Crippen LogP contribution in [0, 0.1) is 6.92 Å². The van der Waals surface area contributed by atoms with Gasteiger partial charge in [0.15, 0.2) is 18.1 Å². The van der Waals surface area contributed by atoms with E-state index in [-0.39, 0.29) is 29.6 Å². The summed E-state index contributed by atoms with van der Waals surface area (Å²) < 4.78 is 15.9. The Morgan fingerprint density at radius 1 is 1.04 bits per heavy atom. The molecule has 2 aromatic rings. The zero-order valence-corrected chi connectivity index (χ0v) is 15.2. The summed E-state index contributed by atoms with van der Waals surface area (Å²) in [6.07, 6.45) is 0. The molecule has 2 rings (SSSR count). The van der Waals surface area contributed by atoms with Crippen molar-refractivity contribution in [2.45, 2.75) is 26.7 Å². The second-order valence-corrected chi connectivity index (χ2v) is 6.11. The highest BCUT2D eigenvalue weighted by molar-refractivity contribution is 5.87. The van der Waals surface area contributed by atoms with Gasteiger partial charge in [0, 0.05) is 5.56 Å². The van der Waals surface area contributed by atoms with E-state index in [2.05, 4.69) is 0 Å². The lowest BCUT2D eigenvalue weighted by molar-refractivity contribution is -0.255. The summed E-state index contributed by atoms with van der Waals surface area (Å²) in [5, 5.41) is 10.9. The molecule has 0 amide bonds. The van der Waals surface area contributed by atoms with Crippen LogP contribution in [-0.4, -0.2) is 25.7 Å². The molecule has 0 spiro atoms. The number of carboxylic acid groups (broad SMARTS) is 1. The van der Waals surface area contributed by atoms with Crippen molar-refractivity contribution in [1.82, 2.24) is 0 Å². The predicted octanol–water partition coefficient (Wildman–Crippen LogP) is 2.47. The fourth-order valence-electron chi connectivity index (χ4n) is 2.41. The molecule has 0 bridgehead atoms. The highest BCUT2D eigenvalue weighted by atomic mass is 16.6. The normalized spacial score (nSPS) is 10.5. The molecule has 0 atom stereocenters. The molecule has 26 heavy (non-hydrogen) atoms. The van der Waals surface area contributed by atoms with Gasteiger partial charge in [-0.05, 0) is 48.2 Å². The Morgan fingerprint density at radius 2 is 1.77 bits per heavy atom. The summed E-state index contributed by atoms with van der Waals surface area (Å²) in [4.78, 5) is 23.0. The highest BCUT2D eigenvalue weighted by Crippen LogP contribution is 2.29. The van der Waals surface area contributed by atoms with Crippen LogP contribution in [0.3, 0.4) is 0 Å². The first-order valence-electron chi connectivity index (χ1n) is 8.15. The molecule has 0 saturated heterocycles. The molecule has 0 aliphatic rings. The van der Waals surface area contributed by atoms with Crippen molar-refractivity contribution in [3.63, 3.8) is 0 Å². The number of hydrogen-bond acceptors (Lipinski definition) is 6. The van der Waals surface area contributed by atoms with Gasteiger partial charge >= 0.3 is 5.97 Å². The minimum atomic E-state index is -1.34. The molecular formula is C20H21O6-. The smallest absolute Gasteiger partial charge is 0.349 e.